The number of hydrogen-bond acceptors (Lipinski definition) is 3. The molecule has 6 heteroatoms. The lowest BCUT2D eigenvalue weighted by Crippen LogP contribution is -2.42. The van der Waals surface area contributed by atoms with Crippen LogP contribution in [0.4, 0.5) is 0 Å². The van der Waals surface area contributed by atoms with Crippen molar-refractivity contribution in [2.24, 2.45) is 10.9 Å². The second kappa shape index (κ2) is 11.4. The third-order valence-electron chi connectivity index (χ3n) is 4.63. The first-order chi connectivity index (χ1) is 12.7. The maximum absolute atomic E-state index is 12.1. The number of ether oxygens (including phenoxy) is 1. The van der Waals surface area contributed by atoms with E-state index in [1.165, 1.54) is 19.3 Å². The Morgan fingerprint density at radius 2 is 1.85 bits per heavy atom. The minimum absolute atomic E-state index is 0.195. The molecule has 3 N–H and O–H groups in total. The number of guanidine groups is 1. The molecule has 0 saturated heterocycles. The van der Waals surface area contributed by atoms with Crippen LogP contribution < -0.4 is 20.7 Å². The summed E-state index contributed by atoms with van der Waals surface area (Å²) >= 11 is 0. The molecule has 26 heavy (non-hydrogen) atoms. The summed E-state index contributed by atoms with van der Waals surface area (Å²) < 4.78 is 5.64. The summed E-state index contributed by atoms with van der Waals surface area (Å²) in [6.07, 6.45) is 5.68. The molecule has 2 rings (SSSR count). The molecule has 6 nitrogen and oxygen atoms in total. The lowest BCUT2D eigenvalue weighted by Gasteiger charge is -2.21. The van der Waals surface area contributed by atoms with Crippen LogP contribution in [0.5, 0.6) is 5.75 Å². The lowest BCUT2D eigenvalue weighted by atomic mass is 9.89. The Labute approximate surface area is 156 Å². The van der Waals surface area contributed by atoms with Gasteiger partial charge in [-0.3, -0.25) is 9.79 Å². The monoisotopic (exact) mass is 360 g/mol. The lowest BCUT2D eigenvalue weighted by molar-refractivity contribution is -0.125. The van der Waals surface area contributed by atoms with Gasteiger partial charge in [-0.15, -0.1) is 0 Å². The minimum atomic E-state index is 0.195. The molecule has 1 fully saturated rings. The molecule has 144 valence electrons. The van der Waals surface area contributed by atoms with Gasteiger partial charge in [-0.25, -0.2) is 0 Å². The predicted octanol–water partition coefficient (Wildman–Crippen LogP) is 2.45. The highest BCUT2D eigenvalue weighted by Crippen LogP contribution is 2.23. The second-order valence-electron chi connectivity index (χ2n) is 6.52. The summed E-state index contributed by atoms with van der Waals surface area (Å²) in [7, 11) is 1.74. The number of nitrogens with one attached hydrogen (secondary N) is 3. The minimum Gasteiger partial charge on any atom is -0.494 e. The number of nitrogens with zero attached hydrogens (tertiary/aromatic N) is 1. The van der Waals surface area contributed by atoms with Gasteiger partial charge in [0, 0.05) is 38.2 Å². The van der Waals surface area contributed by atoms with Crippen molar-refractivity contribution in [1.29, 1.82) is 0 Å². The molecule has 0 aliphatic heterocycles. The molecule has 0 aromatic heterocycles. The van der Waals surface area contributed by atoms with Crippen molar-refractivity contribution in [3.63, 3.8) is 0 Å². The van der Waals surface area contributed by atoms with E-state index in [0.29, 0.717) is 32.2 Å². The van der Waals surface area contributed by atoms with Crippen molar-refractivity contribution >= 4 is 11.9 Å². The van der Waals surface area contributed by atoms with E-state index in [9.17, 15) is 4.79 Å². The van der Waals surface area contributed by atoms with E-state index in [1.807, 2.05) is 31.2 Å². The number of carbonyl (C=O) groups is 1. The average molecular weight is 361 g/mol. The normalized spacial score (nSPS) is 15.4. The Bertz CT molecular complexity index is 583. The van der Waals surface area contributed by atoms with Crippen LogP contribution in [0.25, 0.3) is 0 Å². The van der Waals surface area contributed by atoms with Crippen LogP contribution in [0.2, 0.25) is 0 Å². The average Bonchev–Trinajstić information content (AvgIpc) is 2.69. The summed E-state index contributed by atoms with van der Waals surface area (Å²) in [6, 6.07) is 7.97. The molecule has 0 atom stereocenters. The molecule has 1 aromatic carbocycles. The van der Waals surface area contributed by atoms with Crippen LogP contribution in [0.1, 0.15) is 44.6 Å². The molecular formula is C20H32N4O2. The fraction of sp³-hybridized carbons (Fsp3) is 0.600. The van der Waals surface area contributed by atoms with E-state index in [0.717, 1.165) is 24.2 Å². The van der Waals surface area contributed by atoms with E-state index in [1.54, 1.807) is 7.05 Å². The summed E-state index contributed by atoms with van der Waals surface area (Å²) in [5, 5.41) is 9.54. The zero-order valence-electron chi connectivity index (χ0n) is 16.0. The molecular weight excluding hydrogens is 328 g/mol. The fourth-order valence-corrected chi connectivity index (χ4v) is 3.22. The van der Waals surface area contributed by atoms with E-state index in [2.05, 4.69) is 20.9 Å². The van der Waals surface area contributed by atoms with Crippen molar-refractivity contribution in [2.75, 3.05) is 26.7 Å². The summed E-state index contributed by atoms with van der Waals surface area (Å²) in [6.45, 7) is 4.50. The third-order valence-corrected chi connectivity index (χ3v) is 4.63. The Morgan fingerprint density at radius 3 is 2.58 bits per heavy atom. The molecule has 0 radical (unpaired) electrons. The third kappa shape index (κ3) is 6.58. The van der Waals surface area contributed by atoms with E-state index in [-0.39, 0.29) is 11.8 Å². The van der Waals surface area contributed by atoms with E-state index in [4.69, 9.17) is 4.74 Å². The second-order valence-corrected chi connectivity index (χ2v) is 6.52. The zero-order chi connectivity index (χ0) is 18.6. The molecule has 0 spiro atoms. The molecule has 1 saturated carbocycles. The van der Waals surface area contributed by atoms with Gasteiger partial charge in [0.05, 0.1) is 6.61 Å². The van der Waals surface area contributed by atoms with Crippen molar-refractivity contribution in [1.82, 2.24) is 16.0 Å². The molecule has 1 aliphatic rings. The van der Waals surface area contributed by atoms with Crippen LogP contribution in [-0.2, 0) is 11.3 Å². The standard InChI is InChI=1S/C20H32N4O2/c1-3-26-18-12-8-7-11-17(18)15-24-20(21-2)23-14-13-22-19(25)16-9-5-4-6-10-16/h7-8,11-12,16H,3-6,9-10,13-15H2,1-2H3,(H,22,25)(H2,21,23,24). The highest BCUT2D eigenvalue weighted by molar-refractivity contribution is 5.80. The SMILES string of the molecule is CCOc1ccccc1CNC(=NC)NCCNC(=O)C1CCCCC1. The van der Waals surface area contributed by atoms with Crippen LogP contribution in [-0.4, -0.2) is 38.6 Å². The van der Waals surface area contributed by atoms with Crippen molar-refractivity contribution in [3.8, 4) is 5.75 Å². The first kappa shape index (κ1) is 20.1. The summed E-state index contributed by atoms with van der Waals surface area (Å²) in [5.41, 5.74) is 1.09. The van der Waals surface area contributed by atoms with Gasteiger partial charge >= 0.3 is 0 Å². The van der Waals surface area contributed by atoms with Gasteiger partial charge in [0.2, 0.25) is 5.91 Å². The number of aliphatic imine (C=N–C) groups is 1. The van der Waals surface area contributed by atoms with Crippen molar-refractivity contribution in [3.05, 3.63) is 29.8 Å². The van der Waals surface area contributed by atoms with Gasteiger partial charge in [-0.2, -0.15) is 0 Å². The van der Waals surface area contributed by atoms with Crippen LogP contribution in [0, 0.1) is 5.92 Å². The first-order valence-electron chi connectivity index (χ1n) is 9.67. The molecule has 0 heterocycles. The van der Waals surface area contributed by atoms with E-state index < -0.39 is 0 Å². The van der Waals surface area contributed by atoms with Crippen LogP contribution >= 0.6 is 0 Å². The highest BCUT2D eigenvalue weighted by Gasteiger charge is 2.20. The molecule has 1 aliphatic carbocycles. The topological polar surface area (TPSA) is 74.8 Å². The fourth-order valence-electron chi connectivity index (χ4n) is 3.22. The number of para-hydroxylation sites is 1. The molecule has 1 amide bonds. The first-order valence-corrected chi connectivity index (χ1v) is 9.67. The Kier molecular flexibility index (Phi) is 8.79. The number of carbonyl (C=O) groups excluding carboxylic acids is 1. The van der Waals surface area contributed by atoms with Gasteiger partial charge in [0.25, 0.3) is 0 Å². The summed E-state index contributed by atoms with van der Waals surface area (Å²) in [4.78, 5) is 16.3. The molecule has 1 aromatic rings. The molecule has 0 bridgehead atoms. The van der Waals surface area contributed by atoms with Gasteiger partial charge in [-0.1, -0.05) is 37.5 Å². The quantitative estimate of drug-likeness (QED) is 0.378. The van der Waals surface area contributed by atoms with Gasteiger partial charge in [0.1, 0.15) is 5.75 Å². The smallest absolute Gasteiger partial charge is 0.223 e. The number of hydrogen-bond donors (Lipinski definition) is 3. The maximum Gasteiger partial charge on any atom is 0.223 e. The number of amides is 1. The Balaban J connectivity index is 1.68. The Hall–Kier alpha value is -2.24. The van der Waals surface area contributed by atoms with Crippen molar-refractivity contribution in [2.45, 2.75) is 45.6 Å². The van der Waals surface area contributed by atoms with Gasteiger partial charge in [-0.05, 0) is 25.8 Å². The van der Waals surface area contributed by atoms with E-state index >= 15 is 0 Å². The summed E-state index contributed by atoms with van der Waals surface area (Å²) in [5.74, 6) is 2.00. The van der Waals surface area contributed by atoms with Gasteiger partial charge in [0.15, 0.2) is 5.96 Å². The van der Waals surface area contributed by atoms with Crippen LogP contribution in [0.15, 0.2) is 29.3 Å². The number of rotatable bonds is 8. The predicted molar refractivity (Wildman–Crippen MR) is 105 cm³/mol. The van der Waals surface area contributed by atoms with Crippen LogP contribution in [0.3, 0.4) is 0 Å². The maximum atomic E-state index is 12.1. The van der Waals surface area contributed by atoms with Gasteiger partial charge < -0.3 is 20.7 Å². The number of benzene rings is 1. The largest absolute Gasteiger partial charge is 0.494 e. The zero-order valence-corrected chi connectivity index (χ0v) is 16.0. The highest BCUT2D eigenvalue weighted by atomic mass is 16.5. The van der Waals surface area contributed by atoms with Crippen molar-refractivity contribution < 1.29 is 9.53 Å². The Morgan fingerprint density at radius 1 is 1.12 bits per heavy atom. The molecule has 0 unspecified atom stereocenters.